The maximum absolute atomic E-state index is 12.0. The van der Waals surface area contributed by atoms with Crippen LogP contribution in [0, 0.1) is 13.8 Å². The van der Waals surface area contributed by atoms with Crippen molar-refractivity contribution in [3.63, 3.8) is 0 Å². The number of aliphatic hydroxyl groups excluding tert-OH is 1. The minimum atomic E-state index is -0.644. The standard InChI is InChI=1S/C15H17NO2S/c1-10-5-6-12(11(2)8-10)15(18)16-9-13(17)14-4-3-7-19-14/h3-8,13,17H,9H2,1-2H3,(H,16,18). The zero-order valence-electron chi connectivity index (χ0n) is 11.0. The molecule has 100 valence electrons. The first-order chi connectivity index (χ1) is 9.08. The lowest BCUT2D eigenvalue weighted by Crippen LogP contribution is -2.28. The maximum Gasteiger partial charge on any atom is 0.251 e. The number of hydrogen-bond acceptors (Lipinski definition) is 3. The molecule has 2 N–H and O–H groups in total. The fourth-order valence-electron chi connectivity index (χ4n) is 1.93. The summed E-state index contributed by atoms with van der Waals surface area (Å²) in [7, 11) is 0. The van der Waals surface area contributed by atoms with Gasteiger partial charge in [-0.05, 0) is 36.9 Å². The fourth-order valence-corrected chi connectivity index (χ4v) is 2.65. The van der Waals surface area contributed by atoms with Crippen LogP contribution < -0.4 is 5.32 Å². The van der Waals surface area contributed by atoms with Crippen molar-refractivity contribution >= 4 is 17.2 Å². The van der Waals surface area contributed by atoms with Crippen LogP contribution in [0.1, 0.15) is 32.5 Å². The van der Waals surface area contributed by atoms with Crippen LogP contribution in [0.4, 0.5) is 0 Å². The van der Waals surface area contributed by atoms with Crippen molar-refractivity contribution in [1.82, 2.24) is 5.32 Å². The molecule has 4 heteroatoms. The number of carbonyl (C=O) groups excluding carboxylic acids is 1. The van der Waals surface area contributed by atoms with E-state index in [1.54, 1.807) is 0 Å². The molecule has 0 fully saturated rings. The minimum Gasteiger partial charge on any atom is -0.386 e. The van der Waals surface area contributed by atoms with Crippen LogP contribution in [0.5, 0.6) is 0 Å². The van der Waals surface area contributed by atoms with Gasteiger partial charge in [0.05, 0.1) is 0 Å². The van der Waals surface area contributed by atoms with Crippen LogP contribution in [0.3, 0.4) is 0 Å². The quantitative estimate of drug-likeness (QED) is 0.901. The van der Waals surface area contributed by atoms with Crippen molar-refractivity contribution in [2.24, 2.45) is 0 Å². The van der Waals surface area contributed by atoms with Crippen molar-refractivity contribution < 1.29 is 9.90 Å². The Kier molecular flexibility index (Phi) is 4.35. The van der Waals surface area contributed by atoms with Gasteiger partial charge in [-0.15, -0.1) is 11.3 Å². The summed E-state index contributed by atoms with van der Waals surface area (Å²) in [5, 5.41) is 14.6. The number of amides is 1. The first kappa shape index (κ1) is 13.8. The molecule has 0 aliphatic carbocycles. The molecular weight excluding hydrogens is 258 g/mol. The Morgan fingerprint density at radius 3 is 2.79 bits per heavy atom. The molecule has 0 aliphatic heterocycles. The summed E-state index contributed by atoms with van der Waals surface area (Å²) in [5.41, 5.74) is 2.74. The maximum atomic E-state index is 12.0. The summed E-state index contributed by atoms with van der Waals surface area (Å²) in [6.45, 7) is 4.14. The molecule has 1 amide bonds. The topological polar surface area (TPSA) is 49.3 Å². The van der Waals surface area contributed by atoms with Gasteiger partial charge in [0.1, 0.15) is 6.10 Å². The van der Waals surface area contributed by atoms with Gasteiger partial charge >= 0.3 is 0 Å². The molecule has 2 rings (SSSR count). The van der Waals surface area contributed by atoms with E-state index in [1.165, 1.54) is 11.3 Å². The van der Waals surface area contributed by atoms with Gasteiger partial charge in [0.2, 0.25) is 0 Å². The Hall–Kier alpha value is -1.65. The van der Waals surface area contributed by atoms with Crippen LogP contribution >= 0.6 is 11.3 Å². The van der Waals surface area contributed by atoms with E-state index in [-0.39, 0.29) is 12.5 Å². The monoisotopic (exact) mass is 275 g/mol. The number of nitrogens with one attached hydrogen (secondary N) is 1. The van der Waals surface area contributed by atoms with Crippen LogP contribution in [0.15, 0.2) is 35.7 Å². The van der Waals surface area contributed by atoms with Crippen molar-refractivity contribution in [1.29, 1.82) is 0 Å². The molecule has 0 radical (unpaired) electrons. The molecule has 0 spiro atoms. The number of aryl methyl sites for hydroxylation is 2. The smallest absolute Gasteiger partial charge is 0.251 e. The Morgan fingerprint density at radius 1 is 1.37 bits per heavy atom. The van der Waals surface area contributed by atoms with E-state index in [9.17, 15) is 9.90 Å². The van der Waals surface area contributed by atoms with E-state index in [0.29, 0.717) is 5.56 Å². The third-order valence-corrected chi connectivity index (χ3v) is 3.93. The van der Waals surface area contributed by atoms with E-state index < -0.39 is 6.10 Å². The van der Waals surface area contributed by atoms with Crippen LogP contribution in [-0.2, 0) is 0 Å². The molecule has 1 heterocycles. The van der Waals surface area contributed by atoms with E-state index >= 15 is 0 Å². The largest absolute Gasteiger partial charge is 0.386 e. The van der Waals surface area contributed by atoms with Crippen molar-refractivity contribution in [2.75, 3.05) is 6.54 Å². The van der Waals surface area contributed by atoms with Crippen molar-refractivity contribution in [2.45, 2.75) is 20.0 Å². The summed E-state index contributed by atoms with van der Waals surface area (Å²) >= 11 is 1.48. The molecule has 1 aromatic carbocycles. The van der Waals surface area contributed by atoms with Gasteiger partial charge in [-0.25, -0.2) is 0 Å². The lowest BCUT2D eigenvalue weighted by atomic mass is 10.1. The zero-order valence-corrected chi connectivity index (χ0v) is 11.8. The molecule has 19 heavy (non-hydrogen) atoms. The summed E-state index contributed by atoms with van der Waals surface area (Å²) < 4.78 is 0. The van der Waals surface area contributed by atoms with Gasteiger partial charge in [-0.2, -0.15) is 0 Å². The second-order valence-electron chi connectivity index (χ2n) is 4.56. The third-order valence-electron chi connectivity index (χ3n) is 2.95. The number of carbonyl (C=O) groups is 1. The number of rotatable bonds is 4. The Labute approximate surface area is 116 Å². The summed E-state index contributed by atoms with van der Waals surface area (Å²) in [5.74, 6) is -0.145. The molecular formula is C15H17NO2S. The van der Waals surface area contributed by atoms with Crippen LogP contribution in [-0.4, -0.2) is 17.6 Å². The van der Waals surface area contributed by atoms with Crippen molar-refractivity contribution in [3.8, 4) is 0 Å². The van der Waals surface area contributed by atoms with Crippen molar-refractivity contribution in [3.05, 3.63) is 57.3 Å². The molecule has 0 saturated heterocycles. The molecule has 0 bridgehead atoms. The van der Waals surface area contributed by atoms with Gasteiger partial charge in [0, 0.05) is 17.0 Å². The fraction of sp³-hybridized carbons (Fsp3) is 0.267. The Balaban J connectivity index is 1.98. The second kappa shape index (κ2) is 5.99. The predicted octanol–water partition coefficient (Wildman–Crippen LogP) is 2.83. The summed E-state index contributed by atoms with van der Waals surface area (Å²) in [4.78, 5) is 12.9. The number of benzene rings is 1. The summed E-state index contributed by atoms with van der Waals surface area (Å²) in [6, 6.07) is 9.45. The average molecular weight is 275 g/mol. The normalized spacial score (nSPS) is 12.2. The van der Waals surface area contributed by atoms with Crippen LogP contribution in [0.25, 0.3) is 0 Å². The minimum absolute atomic E-state index is 0.145. The zero-order chi connectivity index (χ0) is 13.8. The highest BCUT2D eigenvalue weighted by Crippen LogP contribution is 2.18. The highest BCUT2D eigenvalue weighted by atomic mass is 32.1. The predicted molar refractivity (Wildman–Crippen MR) is 77.5 cm³/mol. The Bertz CT molecular complexity index is 564. The molecule has 0 saturated carbocycles. The summed E-state index contributed by atoms with van der Waals surface area (Å²) in [6.07, 6.45) is -0.644. The van der Waals surface area contributed by atoms with Gasteiger partial charge in [-0.1, -0.05) is 23.8 Å². The highest BCUT2D eigenvalue weighted by molar-refractivity contribution is 7.10. The van der Waals surface area contributed by atoms with Crippen LogP contribution in [0.2, 0.25) is 0 Å². The van der Waals surface area contributed by atoms with Gasteiger partial charge < -0.3 is 10.4 Å². The van der Waals surface area contributed by atoms with Gasteiger partial charge in [-0.3, -0.25) is 4.79 Å². The van der Waals surface area contributed by atoms with Gasteiger partial charge in [0.15, 0.2) is 0 Å². The SMILES string of the molecule is Cc1ccc(C(=O)NCC(O)c2cccs2)c(C)c1. The number of aliphatic hydroxyl groups is 1. The average Bonchev–Trinajstić information content (AvgIpc) is 2.89. The van der Waals surface area contributed by atoms with E-state index in [4.69, 9.17) is 0 Å². The Morgan fingerprint density at radius 2 is 2.16 bits per heavy atom. The number of hydrogen-bond donors (Lipinski definition) is 2. The first-order valence-electron chi connectivity index (χ1n) is 6.15. The molecule has 1 aromatic heterocycles. The molecule has 3 nitrogen and oxygen atoms in total. The number of thiophene rings is 1. The van der Waals surface area contributed by atoms with E-state index in [1.807, 2.05) is 49.6 Å². The molecule has 1 atom stereocenters. The first-order valence-corrected chi connectivity index (χ1v) is 7.03. The van der Waals surface area contributed by atoms with E-state index in [2.05, 4.69) is 5.32 Å². The van der Waals surface area contributed by atoms with Gasteiger partial charge in [0.25, 0.3) is 5.91 Å². The highest BCUT2D eigenvalue weighted by Gasteiger charge is 2.12. The third kappa shape index (κ3) is 3.43. The molecule has 1 unspecified atom stereocenters. The molecule has 0 aliphatic rings. The second-order valence-corrected chi connectivity index (χ2v) is 5.54. The molecule has 2 aromatic rings. The van der Waals surface area contributed by atoms with E-state index in [0.717, 1.165) is 16.0 Å². The lowest BCUT2D eigenvalue weighted by molar-refractivity contribution is 0.0917. The lowest BCUT2D eigenvalue weighted by Gasteiger charge is -2.11.